The van der Waals surface area contributed by atoms with Crippen LogP contribution in [0, 0.1) is 0 Å². The van der Waals surface area contributed by atoms with Crippen LogP contribution >= 0.6 is 0 Å². The van der Waals surface area contributed by atoms with Crippen LogP contribution in [0.5, 0.6) is 0 Å². The zero-order valence-corrected chi connectivity index (χ0v) is 18.9. The fourth-order valence-electron chi connectivity index (χ4n) is 2.94. The first kappa shape index (κ1) is 23.0. The summed E-state index contributed by atoms with van der Waals surface area (Å²) in [6.45, 7) is 0.520. The molecule has 0 fully saturated rings. The van der Waals surface area contributed by atoms with Crippen molar-refractivity contribution in [2.75, 3.05) is 36.1 Å². The lowest BCUT2D eigenvalue weighted by atomic mass is 10.2. The summed E-state index contributed by atoms with van der Waals surface area (Å²) in [6, 6.07) is 18.4. The highest BCUT2D eigenvalue weighted by atomic mass is 32.2. The second kappa shape index (κ2) is 9.67. The number of nitrogens with zero attached hydrogens (tertiary/aromatic N) is 3. The molecule has 32 heavy (non-hydrogen) atoms. The number of hydrogen-bond donors (Lipinski definition) is 3. The van der Waals surface area contributed by atoms with Gasteiger partial charge in [-0.1, -0.05) is 30.3 Å². The molecule has 168 valence electrons. The molecule has 0 atom stereocenters. The molecule has 4 N–H and O–H groups in total. The van der Waals surface area contributed by atoms with Crippen LogP contribution in [0.25, 0.3) is 0 Å². The van der Waals surface area contributed by atoms with E-state index < -0.39 is 16.1 Å². The summed E-state index contributed by atoms with van der Waals surface area (Å²) < 4.78 is 26.9. The van der Waals surface area contributed by atoms with Gasteiger partial charge in [0.1, 0.15) is 5.82 Å². The van der Waals surface area contributed by atoms with E-state index in [0.29, 0.717) is 29.4 Å². The Labute approximate surface area is 188 Å². The molecular formula is C22H26N6O3S. The van der Waals surface area contributed by atoms with Crippen LogP contribution in [0.4, 0.5) is 22.9 Å². The number of nitrogens with one attached hydrogen (secondary N) is 2. The number of carbonyl (C=O) groups excluding carboxylic acids is 1. The smallest absolute Gasteiger partial charge is 0.303 e. The summed E-state index contributed by atoms with van der Waals surface area (Å²) in [5.74, 6) is -0.0679. The molecule has 3 aromatic rings. The topological polar surface area (TPSA) is 121 Å². The van der Waals surface area contributed by atoms with E-state index in [0.717, 1.165) is 9.87 Å². The van der Waals surface area contributed by atoms with Gasteiger partial charge in [-0.25, -0.2) is 4.98 Å². The van der Waals surface area contributed by atoms with Crippen LogP contribution in [0.15, 0.2) is 66.9 Å². The molecule has 9 nitrogen and oxygen atoms in total. The first-order valence-electron chi connectivity index (χ1n) is 9.79. The van der Waals surface area contributed by atoms with Crippen LogP contribution in [0.2, 0.25) is 0 Å². The number of primary amides is 1. The van der Waals surface area contributed by atoms with E-state index in [1.165, 1.54) is 31.6 Å². The number of carbonyl (C=O) groups is 1. The molecule has 3 rings (SSSR count). The number of hydrogen-bond acceptors (Lipinski definition) is 6. The van der Waals surface area contributed by atoms with Gasteiger partial charge in [-0.05, 0) is 29.8 Å². The Hall–Kier alpha value is -3.63. The third-order valence-corrected chi connectivity index (χ3v) is 6.63. The predicted octanol–water partition coefficient (Wildman–Crippen LogP) is 2.78. The number of rotatable bonds is 9. The monoisotopic (exact) mass is 454 g/mol. The van der Waals surface area contributed by atoms with Crippen molar-refractivity contribution >= 4 is 39.0 Å². The van der Waals surface area contributed by atoms with Crippen molar-refractivity contribution in [3.8, 4) is 0 Å². The molecule has 2 aromatic carbocycles. The van der Waals surface area contributed by atoms with Gasteiger partial charge in [-0.3, -0.25) is 9.10 Å². The van der Waals surface area contributed by atoms with Gasteiger partial charge >= 0.3 is 10.2 Å². The Bertz CT molecular complexity index is 1180. The van der Waals surface area contributed by atoms with Crippen molar-refractivity contribution in [2.24, 2.45) is 5.73 Å². The largest absolute Gasteiger partial charge is 0.380 e. The van der Waals surface area contributed by atoms with E-state index in [1.807, 2.05) is 30.3 Å². The highest BCUT2D eigenvalue weighted by Gasteiger charge is 2.20. The molecule has 0 saturated heterocycles. The summed E-state index contributed by atoms with van der Waals surface area (Å²) in [4.78, 5) is 16.1. The second-order valence-corrected chi connectivity index (χ2v) is 9.42. The Morgan fingerprint density at radius 3 is 2.28 bits per heavy atom. The Morgan fingerprint density at radius 1 is 1.03 bits per heavy atom. The molecule has 0 aliphatic carbocycles. The fourth-order valence-corrected chi connectivity index (χ4v) is 3.82. The van der Waals surface area contributed by atoms with E-state index in [1.54, 1.807) is 30.3 Å². The molecule has 0 spiro atoms. The van der Waals surface area contributed by atoms with E-state index in [2.05, 4.69) is 15.6 Å². The average Bonchev–Trinajstić information content (AvgIpc) is 2.78. The van der Waals surface area contributed by atoms with E-state index >= 15 is 0 Å². The first-order chi connectivity index (χ1) is 15.2. The molecule has 10 heteroatoms. The number of aromatic nitrogens is 1. The first-order valence-corrected chi connectivity index (χ1v) is 11.2. The number of amides is 1. The van der Waals surface area contributed by atoms with Crippen molar-refractivity contribution in [3.63, 3.8) is 0 Å². The van der Waals surface area contributed by atoms with Crippen molar-refractivity contribution in [1.82, 2.24) is 9.29 Å². The highest BCUT2D eigenvalue weighted by Crippen LogP contribution is 2.25. The summed E-state index contributed by atoms with van der Waals surface area (Å²) in [5.41, 5.74) is 8.63. The van der Waals surface area contributed by atoms with Crippen LogP contribution < -0.4 is 20.7 Å². The van der Waals surface area contributed by atoms with Crippen LogP contribution in [0.1, 0.15) is 15.9 Å². The Morgan fingerprint density at radius 2 is 1.69 bits per heavy atom. The zero-order chi connectivity index (χ0) is 23.3. The van der Waals surface area contributed by atoms with Gasteiger partial charge in [0.05, 0.1) is 16.9 Å². The third-order valence-electron chi connectivity index (χ3n) is 4.81. The number of anilines is 4. The molecule has 1 amide bonds. The standard InChI is InChI=1S/C22H26N6O3S/c1-27(2)32(30,31)28(3)18-11-9-17(10-12-18)26-21-13-20(19(15-25-21)22(23)29)24-14-16-7-5-4-6-8-16/h4-13,15H,14H2,1-3H3,(H2,23,29)(H2,24,25,26). The van der Waals surface area contributed by atoms with Crippen molar-refractivity contribution in [1.29, 1.82) is 0 Å². The maximum atomic E-state index is 12.3. The van der Waals surface area contributed by atoms with E-state index in [9.17, 15) is 13.2 Å². The third kappa shape index (κ3) is 5.34. The van der Waals surface area contributed by atoms with Gasteiger partial charge in [0.15, 0.2) is 0 Å². The van der Waals surface area contributed by atoms with Crippen molar-refractivity contribution < 1.29 is 13.2 Å². The lowest BCUT2D eigenvalue weighted by Crippen LogP contribution is -2.37. The lowest BCUT2D eigenvalue weighted by molar-refractivity contribution is 0.100. The molecule has 0 unspecified atom stereocenters. The Balaban J connectivity index is 1.77. The predicted molar refractivity (Wildman–Crippen MR) is 127 cm³/mol. The van der Waals surface area contributed by atoms with Crippen molar-refractivity contribution in [3.05, 3.63) is 78.0 Å². The number of nitrogens with two attached hydrogens (primary N) is 1. The SMILES string of the molecule is CN(C)S(=O)(=O)N(C)c1ccc(Nc2cc(NCc3ccccc3)c(C(N)=O)cn2)cc1. The van der Waals surface area contributed by atoms with Gasteiger partial charge < -0.3 is 16.4 Å². The molecule has 1 heterocycles. The van der Waals surface area contributed by atoms with E-state index in [-0.39, 0.29) is 5.56 Å². The van der Waals surface area contributed by atoms with Gasteiger partial charge in [-0.15, -0.1) is 0 Å². The maximum Gasteiger partial charge on any atom is 0.303 e. The normalized spacial score (nSPS) is 11.2. The summed E-state index contributed by atoms with van der Waals surface area (Å²) in [5, 5.41) is 6.38. The van der Waals surface area contributed by atoms with Crippen molar-refractivity contribution in [2.45, 2.75) is 6.54 Å². The summed E-state index contributed by atoms with van der Waals surface area (Å²) in [7, 11) is 0.883. The van der Waals surface area contributed by atoms with Gasteiger partial charge in [0, 0.05) is 45.6 Å². The highest BCUT2D eigenvalue weighted by molar-refractivity contribution is 7.90. The minimum Gasteiger partial charge on any atom is -0.380 e. The molecule has 0 aliphatic rings. The van der Waals surface area contributed by atoms with Gasteiger partial charge in [0.25, 0.3) is 5.91 Å². The quantitative estimate of drug-likeness (QED) is 0.457. The second-order valence-electron chi connectivity index (χ2n) is 7.25. The van der Waals surface area contributed by atoms with Crippen LogP contribution in [0.3, 0.4) is 0 Å². The minimum atomic E-state index is -3.57. The van der Waals surface area contributed by atoms with E-state index in [4.69, 9.17) is 5.73 Å². The molecule has 1 aromatic heterocycles. The molecule has 0 aliphatic heterocycles. The number of benzene rings is 2. The molecular weight excluding hydrogens is 428 g/mol. The zero-order valence-electron chi connectivity index (χ0n) is 18.1. The molecule has 0 radical (unpaired) electrons. The summed E-state index contributed by atoms with van der Waals surface area (Å²) >= 11 is 0. The maximum absolute atomic E-state index is 12.3. The van der Waals surface area contributed by atoms with Crippen LogP contribution in [-0.2, 0) is 16.8 Å². The van der Waals surface area contributed by atoms with Gasteiger partial charge in [0.2, 0.25) is 0 Å². The summed E-state index contributed by atoms with van der Waals surface area (Å²) in [6.07, 6.45) is 1.42. The average molecular weight is 455 g/mol. The Kier molecular flexibility index (Phi) is 6.96. The molecule has 0 bridgehead atoms. The minimum absolute atomic E-state index is 0.289. The number of pyridine rings is 1. The van der Waals surface area contributed by atoms with Crippen LogP contribution in [-0.4, -0.2) is 44.8 Å². The fraction of sp³-hybridized carbons (Fsp3) is 0.182. The molecule has 0 saturated carbocycles. The van der Waals surface area contributed by atoms with Gasteiger partial charge in [-0.2, -0.15) is 12.7 Å². The lowest BCUT2D eigenvalue weighted by Gasteiger charge is -2.23.